The summed E-state index contributed by atoms with van der Waals surface area (Å²) < 4.78 is 7.20. The van der Waals surface area contributed by atoms with Crippen LogP contribution in [0.4, 0.5) is 5.82 Å². The highest BCUT2D eigenvalue weighted by Gasteiger charge is 2.21. The molecule has 0 unspecified atom stereocenters. The quantitative estimate of drug-likeness (QED) is 0.0598. The number of unbranched alkanes of at least 4 members (excludes halogenated alkanes) is 1. The number of nitrogens with two attached hydrogens (primary N) is 2. The summed E-state index contributed by atoms with van der Waals surface area (Å²) in [5, 5.41) is 6.57. The van der Waals surface area contributed by atoms with E-state index in [2.05, 4.69) is 54.3 Å². The second-order valence-corrected chi connectivity index (χ2v) is 12.4. The van der Waals surface area contributed by atoms with E-state index in [-0.39, 0.29) is 23.4 Å². The molecule has 14 nitrogen and oxygen atoms in total. The highest BCUT2D eigenvalue weighted by Crippen LogP contribution is 2.23. The summed E-state index contributed by atoms with van der Waals surface area (Å²) in [6.07, 6.45) is 5.42. The predicted octanol–water partition coefficient (Wildman–Crippen LogP) is 4.03. The van der Waals surface area contributed by atoms with Crippen molar-refractivity contribution < 1.29 is 9.53 Å². The number of hydrogen-bond donors (Lipinski definition) is 4. The third-order valence-corrected chi connectivity index (χ3v) is 8.82. The lowest BCUT2D eigenvalue weighted by Gasteiger charge is -2.32. The van der Waals surface area contributed by atoms with Gasteiger partial charge in [0.2, 0.25) is 5.91 Å². The molecule has 5 rings (SSSR count). The summed E-state index contributed by atoms with van der Waals surface area (Å²) in [5.74, 6) is 0.617. The van der Waals surface area contributed by atoms with Gasteiger partial charge in [-0.25, -0.2) is 4.79 Å². The summed E-state index contributed by atoms with van der Waals surface area (Å²) in [6, 6.07) is 15.5. The number of anilines is 1. The van der Waals surface area contributed by atoms with Crippen LogP contribution in [0.2, 0.25) is 0 Å². The molecule has 1 amide bonds. The van der Waals surface area contributed by atoms with Crippen molar-refractivity contribution >= 4 is 22.9 Å². The minimum absolute atomic E-state index is 0.137. The van der Waals surface area contributed by atoms with Crippen LogP contribution in [0.5, 0.6) is 6.01 Å². The molecule has 1 saturated heterocycles. The molecule has 14 heteroatoms. The highest BCUT2D eigenvalue weighted by atomic mass is 16.5. The topological polar surface area (TPSA) is 206 Å². The maximum Gasteiger partial charge on any atom is 0.328 e. The molecule has 4 aromatic rings. The van der Waals surface area contributed by atoms with E-state index < -0.39 is 6.04 Å². The van der Waals surface area contributed by atoms with E-state index in [1.807, 2.05) is 36.4 Å². The molecule has 6 N–H and O–H groups in total. The molecule has 1 aliphatic rings. The van der Waals surface area contributed by atoms with E-state index in [4.69, 9.17) is 21.7 Å². The zero-order valence-corrected chi connectivity index (χ0v) is 27.5. The van der Waals surface area contributed by atoms with Crippen LogP contribution in [-0.2, 0) is 30.8 Å². The fourth-order valence-corrected chi connectivity index (χ4v) is 5.95. The second-order valence-electron chi connectivity index (χ2n) is 12.4. The van der Waals surface area contributed by atoms with Crippen molar-refractivity contribution in [2.45, 2.75) is 71.1 Å². The van der Waals surface area contributed by atoms with Gasteiger partial charge in [0.05, 0.1) is 25.7 Å². The monoisotopic (exact) mass is 655 g/mol. The van der Waals surface area contributed by atoms with Gasteiger partial charge in [-0.05, 0) is 78.9 Å². The molecule has 3 heterocycles. The number of fused-ring (bicyclic) bond motifs is 1. The Bertz CT molecular complexity index is 1750. The van der Waals surface area contributed by atoms with Gasteiger partial charge in [-0.1, -0.05) is 67.0 Å². The molecule has 2 aromatic heterocycles. The molecule has 0 aliphatic carbocycles. The molecule has 48 heavy (non-hydrogen) atoms. The second kappa shape index (κ2) is 16.8. The normalized spacial score (nSPS) is 14.5. The van der Waals surface area contributed by atoms with Crippen LogP contribution in [0.1, 0.15) is 61.3 Å². The number of aromatic nitrogens is 4. The van der Waals surface area contributed by atoms with E-state index in [0.717, 1.165) is 68.4 Å². The summed E-state index contributed by atoms with van der Waals surface area (Å²) >= 11 is 0. The van der Waals surface area contributed by atoms with Crippen molar-refractivity contribution in [1.82, 2.24) is 29.7 Å². The summed E-state index contributed by atoms with van der Waals surface area (Å²) in [5.41, 5.74) is 25.3. The Kier molecular flexibility index (Phi) is 12.0. The molecule has 0 radical (unpaired) electrons. The van der Waals surface area contributed by atoms with E-state index >= 15 is 0 Å². The average Bonchev–Trinajstić information content (AvgIpc) is 3.41. The van der Waals surface area contributed by atoms with Gasteiger partial charge >= 0.3 is 11.7 Å². The lowest BCUT2D eigenvalue weighted by atomic mass is 9.93. The Morgan fingerprint density at radius 3 is 2.44 bits per heavy atom. The van der Waals surface area contributed by atoms with E-state index in [1.165, 1.54) is 5.56 Å². The molecule has 1 aliphatic heterocycles. The van der Waals surface area contributed by atoms with Crippen LogP contribution in [0, 0.1) is 5.92 Å². The number of nitrogen functional groups attached to an aromatic ring is 1. The van der Waals surface area contributed by atoms with Crippen LogP contribution in [0.15, 0.2) is 58.4 Å². The van der Waals surface area contributed by atoms with Gasteiger partial charge in [-0.2, -0.15) is 9.97 Å². The number of nitrogens with zero attached hydrogens (tertiary/aromatic N) is 7. The standard InChI is InChI=1S/C34H45N11O3/c1-2-3-18-48-33-41-30(36)29-31(42-33)45(34(47)40-29)22-27-10-8-26(9-11-27)21-44-16-13-23(14-17-44)12-15-38-32(46)28(35)19-24-4-6-25(7-5-24)20-39-43-37/h4-11,23,28H,2-3,12-22,35H2,1H3,(H,38,46)(H,40,47)(H2,36,41,42)/t28-/m0/s1. The number of aromatic amines is 1. The lowest BCUT2D eigenvalue weighted by Crippen LogP contribution is -2.43. The fraction of sp³-hybridized carbons (Fsp3) is 0.471. The minimum atomic E-state index is -0.611. The molecule has 1 fully saturated rings. The average molecular weight is 656 g/mol. The lowest BCUT2D eigenvalue weighted by molar-refractivity contribution is -0.122. The number of carbonyl (C=O) groups is 1. The molecular formula is C34H45N11O3. The van der Waals surface area contributed by atoms with Crippen molar-refractivity contribution in [1.29, 1.82) is 0 Å². The van der Waals surface area contributed by atoms with Gasteiger partial charge in [0.15, 0.2) is 11.5 Å². The largest absolute Gasteiger partial charge is 0.463 e. The summed E-state index contributed by atoms with van der Waals surface area (Å²) in [6.45, 7) is 6.71. The summed E-state index contributed by atoms with van der Waals surface area (Å²) in [7, 11) is 0. The number of imidazole rings is 1. The third kappa shape index (κ3) is 9.34. The van der Waals surface area contributed by atoms with Crippen molar-refractivity contribution in [2.24, 2.45) is 16.8 Å². The van der Waals surface area contributed by atoms with Gasteiger partial charge in [-0.15, -0.1) is 0 Å². The number of benzene rings is 2. The number of azide groups is 1. The molecule has 1 atom stereocenters. The zero-order chi connectivity index (χ0) is 33.9. The van der Waals surface area contributed by atoms with E-state index in [0.29, 0.717) is 49.7 Å². The van der Waals surface area contributed by atoms with Gasteiger partial charge in [0.25, 0.3) is 0 Å². The first-order valence-corrected chi connectivity index (χ1v) is 16.6. The van der Waals surface area contributed by atoms with Crippen LogP contribution in [0.3, 0.4) is 0 Å². The van der Waals surface area contributed by atoms with Crippen molar-refractivity contribution in [3.8, 4) is 6.01 Å². The van der Waals surface area contributed by atoms with E-state index in [9.17, 15) is 9.59 Å². The molecular weight excluding hydrogens is 610 g/mol. The molecule has 254 valence electrons. The Morgan fingerprint density at radius 2 is 1.75 bits per heavy atom. The number of likely N-dealkylation sites (tertiary alicyclic amines) is 1. The number of H-pyrrole nitrogens is 1. The predicted molar refractivity (Wildman–Crippen MR) is 185 cm³/mol. The first kappa shape index (κ1) is 34.4. The number of piperidine rings is 1. The number of ether oxygens (including phenoxy) is 1. The van der Waals surface area contributed by atoms with Crippen LogP contribution < -0.4 is 27.2 Å². The van der Waals surface area contributed by atoms with Crippen molar-refractivity contribution in [2.75, 3.05) is 32.0 Å². The Balaban J connectivity index is 1.04. The smallest absolute Gasteiger partial charge is 0.328 e. The molecule has 0 saturated carbocycles. The number of hydrogen-bond acceptors (Lipinski definition) is 9. The Labute approximate surface area is 279 Å². The Hall–Kier alpha value is -4.91. The SMILES string of the molecule is CCCCOc1nc(N)c2[nH]c(=O)n(Cc3ccc(CN4CCC(CCNC(=O)[C@@H](N)Cc5ccc(CN=[N+]=[N-])cc5)CC4)cc3)c2n1. The maximum atomic E-state index is 12.8. The summed E-state index contributed by atoms with van der Waals surface area (Å²) in [4.78, 5) is 42.0. The Morgan fingerprint density at radius 1 is 1.08 bits per heavy atom. The minimum Gasteiger partial charge on any atom is -0.463 e. The number of rotatable bonds is 16. The number of carbonyl (C=O) groups excluding carboxylic acids is 1. The van der Waals surface area contributed by atoms with Gasteiger partial charge < -0.3 is 26.5 Å². The molecule has 2 aromatic carbocycles. The van der Waals surface area contributed by atoms with Gasteiger partial charge in [0, 0.05) is 18.0 Å². The number of nitrogens with one attached hydrogen (secondary N) is 2. The van der Waals surface area contributed by atoms with E-state index in [1.54, 1.807) is 4.57 Å². The van der Waals surface area contributed by atoms with Gasteiger partial charge in [-0.3, -0.25) is 14.3 Å². The van der Waals surface area contributed by atoms with Crippen molar-refractivity contribution in [3.05, 3.63) is 91.7 Å². The molecule has 0 bridgehead atoms. The zero-order valence-electron chi connectivity index (χ0n) is 27.5. The number of amides is 1. The molecule has 0 spiro atoms. The van der Waals surface area contributed by atoms with Crippen molar-refractivity contribution in [3.63, 3.8) is 0 Å². The van der Waals surface area contributed by atoms with Crippen LogP contribution >= 0.6 is 0 Å². The third-order valence-electron chi connectivity index (χ3n) is 8.82. The van der Waals surface area contributed by atoms with Crippen LogP contribution in [0.25, 0.3) is 21.6 Å². The first-order chi connectivity index (χ1) is 23.3. The van der Waals surface area contributed by atoms with Gasteiger partial charge in [0.1, 0.15) is 5.52 Å². The highest BCUT2D eigenvalue weighted by molar-refractivity contribution is 5.82. The fourth-order valence-electron chi connectivity index (χ4n) is 5.95. The maximum absolute atomic E-state index is 12.8. The first-order valence-electron chi connectivity index (χ1n) is 16.6. The van der Waals surface area contributed by atoms with Crippen LogP contribution in [-0.4, -0.2) is 62.6 Å².